The second kappa shape index (κ2) is 2.64. The zero-order valence-electron chi connectivity index (χ0n) is 4.03. The molecule has 0 saturated carbocycles. The molecule has 0 aromatic carbocycles. The first kappa shape index (κ1) is 6.50. The molecule has 3 N–H and O–H groups in total. The van der Waals surface area contributed by atoms with Crippen LogP contribution >= 0.6 is 11.6 Å². The minimum absolute atomic E-state index is 0.00231. The molecule has 0 rings (SSSR count). The van der Waals surface area contributed by atoms with Gasteiger partial charge in [-0.15, -0.1) is 0 Å². The quantitative estimate of drug-likeness (QED) is 0.497. The molecule has 0 heterocycles. The van der Waals surface area contributed by atoms with Crippen molar-refractivity contribution >= 4 is 16.8 Å². The summed E-state index contributed by atoms with van der Waals surface area (Å²) in [5, 5.41) is 6.72. The van der Waals surface area contributed by atoms with Gasteiger partial charge in [-0.05, 0) is 13.1 Å². The zero-order chi connectivity index (χ0) is 5.86. The van der Waals surface area contributed by atoms with Crippen LogP contribution in [0.3, 0.4) is 0 Å². The molecule has 0 bridgehead atoms. The largest absolute Gasteiger partial charge is 0.404 e. The summed E-state index contributed by atoms with van der Waals surface area (Å²) in [6, 6.07) is 0. The highest BCUT2D eigenvalue weighted by Gasteiger charge is 1.88. The van der Waals surface area contributed by atoms with Crippen LogP contribution in [0.25, 0.3) is 0 Å². The maximum Gasteiger partial charge on any atom is 0.125 e. The van der Waals surface area contributed by atoms with Crippen LogP contribution < -0.4 is 5.73 Å². The van der Waals surface area contributed by atoms with Gasteiger partial charge in [0.2, 0.25) is 0 Å². The molecule has 0 aliphatic heterocycles. The van der Waals surface area contributed by atoms with Crippen molar-refractivity contribution in [3.8, 4) is 0 Å². The molecule has 0 aliphatic carbocycles. The smallest absolute Gasteiger partial charge is 0.125 e. The van der Waals surface area contributed by atoms with E-state index in [1.165, 1.54) is 6.20 Å². The molecular weight excluding hydrogens is 112 g/mol. The van der Waals surface area contributed by atoms with Crippen LogP contribution in [0.15, 0.2) is 11.8 Å². The molecule has 0 atom stereocenters. The molecule has 7 heavy (non-hydrogen) atoms. The second-order valence-electron chi connectivity index (χ2n) is 1.16. The molecule has 0 aromatic rings. The van der Waals surface area contributed by atoms with Crippen molar-refractivity contribution < 1.29 is 0 Å². The second-order valence-corrected chi connectivity index (χ2v) is 1.54. The number of rotatable bonds is 1. The Balaban J connectivity index is 3.82. The van der Waals surface area contributed by atoms with E-state index in [9.17, 15) is 0 Å². The van der Waals surface area contributed by atoms with Gasteiger partial charge in [-0.25, -0.2) is 0 Å². The van der Waals surface area contributed by atoms with E-state index in [0.29, 0.717) is 5.57 Å². The number of hydrogen-bond acceptors (Lipinski definition) is 2. The summed E-state index contributed by atoms with van der Waals surface area (Å²) in [4.78, 5) is 0. The minimum Gasteiger partial charge on any atom is -0.404 e. The maximum absolute atomic E-state index is 6.72. The van der Waals surface area contributed by atoms with Crippen LogP contribution in [0.1, 0.15) is 6.92 Å². The Bertz CT molecular complexity index is 106. The SMILES string of the molecule is C/C(=C/N)C(=N)Cl. The highest BCUT2D eigenvalue weighted by molar-refractivity contribution is 6.68. The molecule has 0 aliphatic rings. The first-order valence-corrected chi connectivity index (χ1v) is 2.19. The van der Waals surface area contributed by atoms with E-state index in [1.807, 2.05) is 0 Å². The number of nitrogens with two attached hydrogens (primary N) is 1. The van der Waals surface area contributed by atoms with Crippen molar-refractivity contribution in [2.24, 2.45) is 5.73 Å². The summed E-state index contributed by atoms with van der Waals surface area (Å²) in [7, 11) is 0. The fourth-order valence-electron chi connectivity index (χ4n) is 0.0732. The lowest BCUT2D eigenvalue weighted by Crippen LogP contribution is -1.90. The summed E-state index contributed by atoms with van der Waals surface area (Å²) >= 11 is 5.16. The highest BCUT2D eigenvalue weighted by Crippen LogP contribution is 1.94. The lowest BCUT2D eigenvalue weighted by molar-refractivity contribution is 1.44. The standard InChI is InChI=1S/C4H7ClN2/c1-3(2-6)4(5)7/h2,7H,6H2,1H3/b3-2-,7-4?. The average Bonchev–Trinajstić information content (AvgIpc) is 1.65. The normalized spacial score (nSPS) is 11.4. The lowest BCUT2D eigenvalue weighted by Gasteiger charge is -1.86. The molecule has 0 fully saturated rings. The summed E-state index contributed by atoms with van der Waals surface area (Å²) < 4.78 is 0. The lowest BCUT2D eigenvalue weighted by atomic mass is 10.4. The highest BCUT2D eigenvalue weighted by atomic mass is 35.5. The van der Waals surface area contributed by atoms with Gasteiger partial charge in [0.1, 0.15) is 5.17 Å². The van der Waals surface area contributed by atoms with E-state index in [2.05, 4.69) is 0 Å². The molecule has 2 nitrogen and oxygen atoms in total. The van der Waals surface area contributed by atoms with Gasteiger partial charge < -0.3 is 5.73 Å². The zero-order valence-corrected chi connectivity index (χ0v) is 4.79. The van der Waals surface area contributed by atoms with Crippen LogP contribution in [-0.4, -0.2) is 5.17 Å². The topological polar surface area (TPSA) is 49.9 Å². The van der Waals surface area contributed by atoms with Crippen LogP contribution in [0.5, 0.6) is 0 Å². The van der Waals surface area contributed by atoms with Gasteiger partial charge in [-0.3, -0.25) is 5.41 Å². The van der Waals surface area contributed by atoms with Gasteiger partial charge in [-0.2, -0.15) is 0 Å². The van der Waals surface area contributed by atoms with Crippen molar-refractivity contribution in [1.82, 2.24) is 0 Å². The molecule has 0 saturated heterocycles. The van der Waals surface area contributed by atoms with Gasteiger partial charge >= 0.3 is 0 Å². The maximum atomic E-state index is 6.72. The van der Waals surface area contributed by atoms with Crippen LogP contribution in [0, 0.1) is 5.41 Å². The van der Waals surface area contributed by atoms with E-state index in [4.69, 9.17) is 22.7 Å². The Labute approximate surface area is 47.5 Å². The van der Waals surface area contributed by atoms with Crippen molar-refractivity contribution in [1.29, 1.82) is 5.41 Å². The van der Waals surface area contributed by atoms with E-state index in [-0.39, 0.29) is 5.17 Å². The number of hydrogen-bond donors (Lipinski definition) is 2. The van der Waals surface area contributed by atoms with Crippen LogP contribution in [0.4, 0.5) is 0 Å². The summed E-state index contributed by atoms with van der Waals surface area (Å²) in [5.74, 6) is 0. The van der Waals surface area contributed by atoms with Gasteiger partial charge in [0.25, 0.3) is 0 Å². The third-order valence-corrected chi connectivity index (χ3v) is 0.894. The molecule has 40 valence electrons. The summed E-state index contributed by atoms with van der Waals surface area (Å²) in [5.41, 5.74) is 5.58. The predicted octanol–water partition coefficient (Wildman–Crippen LogP) is 1.06. The van der Waals surface area contributed by atoms with Crippen molar-refractivity contribution in [2.75, 3.05) is 0 Å². The third kappa shape index (κ3) is 2.23. The first-order valence-electron chi connectivity index (χ1n) is 1.81. The summed E-state index contributed by atoms with van der Waals surface area (Å²) in [6.45, 7) is 1.68. The molecule has 0 amide bonds. The van der Waals surface area contributed by atoms with Crippen LogP contribution in [-0.2, 0) is 0 Å². The van der Waals surface area contributed by atoms with Crippen molar-refractivity contribution in [3.05, 3.63) is 11.8 Å². The number of allylic oxidation sites excluding steroid dienone is 1. The Kier molecular flexibility index (Phi) is 2.45. The minimum atomic E-state index is 0.00231. The average molecular weight is 119 g/mol. The fourth-order valence-corrected chi connectivity index (χ4v) is 0.136. The summed E-state index contributed by atoms with van der Waals surface area (Å²) in [6.07, 6.45) is 1.30. The van der Waals surface area contributed by atoms with E-state index >= 15 is 0 Å². The van der Waals surface area contributed by atoms with Crippen molar-refractivity contribution in [3.63, 3.8) is 0 Å². The molecule has 3 heteroatoms. The Morgan fingerprint density at radius 2 is 2.29 bits per heavy atom. The Morgan fingerprint density at radius 3 is 2.29 bits per heavy atom. The van der Waals surface area contributed by atoms with Gasteiger partial charge in [-0.1, -0.05) is 11.6 Å². The van der Waals surface area contributed by atoms with Gasteiger partial charge in [0.15, 0.2) is 0 Å². The number of nitrogens with one attached hydrogen (secondary N) is 1. The monoisotopic (exact) mass is 118 g/mol. The van der Waals surface area contributed by atoms with E-state index in [0.717, 1.165) is 0 Å². The van der Waals surface area contributed by atoms with Crippen molar-refractivity contribution in [2.45, 2.75) is 6.92 Å². The molecule has 0 spiro atoms. The number of halogens is 1. The molecular formula is C4H7ClN2. The predicted molar refractivity (Wildman–Crippen MR) is 31.5 cm³/mol. The van der Waals surface area contributed by atoms with Crippen LogP contribution in [0.2, 0.25) is 0 Å². The molecule has 0 aromatic heterocycles. The first-order chi connectivity index (χ1) is 3.18. The van der Waals surface area contributed by atoms with E-state index < -0.39 is 0 Å². The van der Waals surface area contributed by atoms with Gasteiger partial charge in [0.05, 0.1) is 0 Å². The molecule has 0 unspecified atom stereocenters. The van der Waals surface area contributed by atoms with E-state index in [1.54, 1.807) is 6.92 Å². The fraction of sp³-hybridized carbons (Fsp3) is 0.250. The molecule has 0 radical (unpaired) electrons. The van der Waals surface area contributed by atoms with Gasteiger partial charge in [0, 0.05) is 5.57 Å². The Hall–Kier alpha value is -0.500. The third-order valence-electron chi connectivity index (χ3n) is 0.596. The Morgan fingerprint density at radius 1 is 1.86 bits per heavy atom.